The summed E-state index contributed by atoms with van der Waals surface area (Å²) in [7, 11) is 0. The number of benzene rings is 2. The lowest BCUT2D eigenvalue weighted by atomic mass is 10.0. The molecule has 1 unspecified atom stereocenters. The highest BCUT2D eigenvalue weighted by Gasteiger charge is 2.27. The largest absolute Gasteiger partial charge is 0.324 e. The molecule has 1 atom stereocenters. The smallest absolute Gasteiger partial charge is 0.238 e. The third-order valence-electron chi connectivity index (χ3n) is 4.69. The number of halogens is 1. The molecule has 2 aromatic rings. The van der Waals surface area contributed by atoms with Gasteiger partial charge in [0.15, 0.2) is 0 Å². The van der Waals surface area contributed by atoms with Crippen molar-refractivity contribution in [3.05, 3.63) is 64.2 Å². The quantitative estimate of drug-likeness (QED) is 0.871. The van der Waals surface area contributed by atoms with Crippen LogP contribution in [0.1, 0.15) is 35.6 Å². The van der Waals surface area contributed by atoms with Gasteiger partial charge in [-0.3, -0.25) is 9.69 Å². The summed E-state index contributed by atoms with van der Waals surface area (Å²) < 4.78 is 0. The summed E-state index contributed by atoms with van der Waals surface area (Å²) in [5.41, 5.74) is 4.31. The summed E-state index contributed by atoms with van der Waals surface area (Å²) >= 11 is 6.12. The Hall–Kier alpha value is -1.84. The predicted molar refractivity (Wildman–Crippen MR) is 99.5 cm³/mol. The molecule has 1 saturated heterocycles. The maximum Gasteiger partial charge on any atom is 0.238 e. The van der Waals surface area contributed by atoms with Gasteiger partial charge in [-0.05, 0) is 62.1 Å². The first-order valence-electron chi connectivity index (χ1n) is 8.40. The van der Waals surface area contributed by atoms with Crippen LogP contribution < -0.4 is 5.32 Å². The summed E-state index contributed by atoms with van der Waals surface area (Å²) in [5.74, 6) is 0.0429. The number of anilines is 1. The van der Waals surface area contributed by atoms with Crippen LogP contribution >= 0.6 is 11.6 Å². The van der Waals surface area contributed by atoms with Crippen molar-refractivity contribution in [3.8, 4) is 0 Å². The summed E-state index contributed by atoms with van der Waals surface area (Å²) in [6, 6.07) is 14.3. The van der Waals surface area contributed by atoms with E-state index in [0.29, 0.717) is 6.54 Å². The van der Waals surface area contributed by atoms with Crippen molar-refractivity contribution in [2.24, 2.45) is 0 Å². The van der Waals surface area contributed by atoms with E-state index in [4.69, 9.17) is 11.6 Å². The topological polar surface area (TPSA) is 32.3 Å². The second-order valence-corrected chi connectivity index (χ2v) is 6.93. The number of nitrogens with zero attached hydrogens (tertiary/aromatic N) is 1. The van der Waals surface area contributed by atoms with Gasteiger partial charge >= 0.3 is 0 Å². The molecule has 2 aromatic carbocycles. The first-order chi connectivity index (χ1) is 11.5. The summed E-state index contributed by atoms with van der Waals surface area (Å²) in [5, 5.41) is 3.83. The zero-order valence-electron chi connectivity index (χ0n) is 14.2. The number of hydrogen-bond donors (Lipinski definition) is 1. The maximum absolute atomic E-state index is 12.5. The highest BCUT2D eigenvalue weighted by Crippen LogP contribution is 2.32. The van der Waals surface area contributed by atoms with Crippen LogP contribution in [-0.2, 0) is 4.79 Å². The van der Waals surface area contributed by atoms with Crippen molar-refractivity contribution in [1.29, 1.82) is 0 Å². The number of hydrogen-bond acceptors (Lipinski definition) is 2. The Bertz CT molecular complexity index is 724. The van der Waals surface area contributed by atoms with E-state index < -0.39 is 0 Å². The van der Waals surface area contributed by atoms with Gasteiger partial charge in [-0.2, -0.15) is 0 Å². The molecule has 0 aliphatic carbocycles. The maximum atomic E-state index is 12.5. The minimum Gasteiger partial charge on any atom is -0.324 e. The molecule has 0 spiro atoms. The molecule has 0 saturated carbocycles. The second kappa shape index (κ2) is 7.37. The SMILES string of the molecule is Cc1cccc(C)c1NC(=O)CN1CCCC1c1cccc(Cl)c1. The molecule has 4 heteroatoms. The average molecular weight is 343 g/mol. The van der Waals surface area contributed by atoms with Gasteiger partial charge in [-0.1, -0.05) is 41.9 Å². The number of rotatable bonds is 4. The highest BCUT2D eigenvalue weighted by molar-refractivity contribution is 6.30. The third kappa shape index (κ3) is 3.80. The van der Waals surface area contributed by atoms with Crippen LogP contribution in [0.4, 0.5) is 5.69 Å². The van der Waals surface area contributed by atoms with Crippen molar-refractivity contribution in [2.45, 2.75) is 32.7 Å². The Morgan fingerprint density at radius 3 is 2.62 bits per heavy atom. The van der Waals surface area contributed by atoms with Gasteiger partial charge in [0.05, 0.1) is 6.54 Å². The number of nitrogens with one attached hydrogen (secondary N) is 1. The van der Waals surface area contributed by atoms with E-state index in [0.717, 1.165) is 41.2 Å². The Balaban J connectivity index is 1.69. The molecule has 0 aromatic heterocycles. The Labute approximate surface area is 148 Å². The molecule has 126 valence electrons. The molecule has 0 radical (unpaired) electrons. The van der Waals surface area contributed by atoms with Gasteiger partial charge in [-0.25, -0.2) is 0 Å². The van der Waals surface area contributed by atoms with Gasteiger partial charge in [0, 0.05) is 16.8 Å². The number of likely N-dealkylation sites (tertiary alicyclic amines) is 1. The molecule has 1 heterocycles. The molecular formula is C20H23ClN2O. The number of carbonyl (C=O) groups is 1. The molecule has 1 aliphatic rings. The molecule has 1 fully saturated rings. The van der Waals surface area contributed by atoms with Gasteiger partial charge in [0.1, 0.15) is 0 Å². The van der Waals surface area contributed by atoms with Crippen LogP contribution in [-0.4, -0.2) is 23.9 Å². The van der Waals surface area contributed by atoms with Gasteiger partial charge in [-0.15, -0.1) is 0 Å². The zero-order chi connectivity index (χ0) is 17.1. The molecule has 3 rings (SSSR count). The highest BCUT2D eigenvalue weighted by atomic mass is 35.5. The first-order valence-corrected chi connectivity index (χ1v) is 8.78. The van der Waals surface area contributed by atoms with E-state index in [9.17, 15) is 4.79 Å². The van der Waals surface area contributed by atoms with E-state index in [-0.39, 0.29) is 11.9 Å². The number of amides is 1. The van der Waals surface area contributed by atoms with Gasteiger partial charge in [0.25, 0.3) is 0 Å². The van der Waals surface area contributed by atoms with Crippen molar-refractivity contribution < 1.29 is 4.79 Å². The van der Waals surface area contributed by atoms with Crippen LogP contribution in [0.3, 0.4) is 0 Å². The molecule has 24 heavy (non-hydrogen) atoms. The van der Waals surface area contributed by atoms with Crippen LogP contribution in [0.2, 0.25) is 5.02 Å². The van der Waals surface area contributed by atoms with E-state index in [1.165, 1.54) is 5.56 Å². The van der Waals surface area contributed by atoms with Crippen molar-refractivity contribution in [3.63, 3.8) is 0 Å². The molecular weight excluding hydrogens is 320 g/mol. The second-order valence-electron chi connectivity index (χ2n) is 6.50. The van der Waals surface area contributed by atoms with Crippen LogP contribution in [0.25, 0.3) is 0 Å². The Kier molecular flexibility index (Phi) is 5.22. The van der Waals surface area contributed by atoms with Gasteiger partial charge in [0.2, 0.25) is 5.91 Å². The standard InChI is InChI=1S/C20H23ClN2O/c1-14-6-3-7-15(2)20(14)22-19(24)13-23-11-5-10-18(23)16-8-4-9-17(21)12-16/h3-4,6-9,12,18H,5,10-11,13H2,1-2H3,(H,22,24). The fourth-order valence-electron chi connectivity index (χ4n) is 3.48. The molecule has 1 N–H and O–H groups in total. The van der Waals surface area contributed by atoms with Crippen LogP contribution in [0.5, 0.6) is 0 Å². The Morgan fingerprint density at radius 2 is 1.92 bits per heavy atom. The molecule has 1 aliphatic heterocycles. The Morgan fingerprint density at radius 1 is 1.21 bits per heavy atom. The fraction of sp³-hybridized carbons (Fsp3) is 0.350. The minimum absolute atomic E-state index is 0.0429. The van der Waals surface area contributed by atoms with E-state index >= 15 is 0 Å². The lowest BCUT2D eigenvalue weighted by Gasteiger charge is -2.24. The zero-order valence-corrected chi connectivity index (χ0v) is 14.9. The van der Waals surface area contributed by atoms with E-state index in [1.54, 1.807) is 0 Å². The van der Waals surface area contributed by atoms with Crippen LogP contribution in [0.15, 0.2) is 42.5 Å². The lowest BCUT2D eigenvalue weighted by Crippen LogP contribution is -2.33. The fourth-order valence-corrected chi connectivity index (χ4v) is 3.68. The summed E-state index contributed by atoms with van der Waals surface area (Å²) in [6.07, 6.45) is 2.17. The lowest BCUT2D eigenvalue weighted by molar-refractivity contribution is -0.117. The molecule has 1 amide bonds. The van der Waals surface area contributed by atoms with Crippen molar-refractivity contribution in [1.82, 2.24) is 4.90 Å². The number of aryl methyl sites for hydroxylation is 2. The van der Waals surface area contributed by atoms with Crippen molar-refractivity contribution >= 4 is 23.2 Å². The third-order valence-corrected chi connectivity index (χ3v) is 4.92. The van der Waals surface area contributed by atoms with Crippen molar-refractivity contribution in [2.75, 3.05) is 18.4 Å². The molecule has 0 bridgehead atoms. The van der Waals surface area contributed by atoms with Crippen LogP contribution in [0, 0.1) is 13.8 Å². The minimum atomic E-state index is 0.0429. The predicted octanol–water partition coefficient (Wildman–Crippen LogP) is 4.73. The summed E-state index contributed by atoms with van der Waals surface area (Å²) in [4.78, 5) is 14.8. The number of carbonyl (C=O) groups excluding carboxylic acids is 1. The first kappa shape index (κ1) is 17.0. The van der Waals surface area contributed by atoms with Gasteiger partial charge < -0.3 is 5.32 Å². The normalized spacial score (nSPS) is 17.9. The summed E-state index contributed by atoms with van der Waals surface area (Å²) in [6.45, 7) is 5.39. The van der Waals surface area contributed by atoms with E-state index in [2.05, 4.69) is 16.3 Å². The molecule has 3 nitrogen and oxygen atoms in total. The average Bonchev–Trinajstić information content (AvgIpc) is 2.99. The van der Waals surface area contributed by atoms with E-state index in [1.807, 2.05) is 50.2 Å². The number of para-hydroxylation sites is 1. The monoisotopic (exact) mass is 342 g/mol.